The van der Waals surface area contributed by atoms with Crippen LogP contribution in [0.15, 0.2) is 30.3 Å². The maximum Gasteiger partial charge on any atom is 0.229 e. The number of rotatable bonds is 5. The van der Waals surface area contributed by atoms with Crippen LogP contribution in [-0.4, -0.2) is 17.0 Å². The maximum atomic E-state index is 10.6. The Kier molecular flexibility index (Phi) is 6.00. The number of hydrogen-bond donors (Lipinski definition) is 1. The topological polar surface area (TPSA) is 55.2 Å². The fourth-order valence-corrected chi connectivity index (χ4v) is 1.17. The Hall–Kier alpha value is -1.13. The summed E-state index contributed by atoms with van der Waals surface area (Å²) in [6, 6.07) is 9.84. The van der Waals surface area contributed by atoms with Gasteiger partial charge in [-0.1, -0.05) is 30.3 Å². The molecule has 4 nitrogen and oxygen atoms in total. The Morgan fingerprint density at radius 2 is 1.88 bits per heavy atom. The molecule has 0 radical (unpaired) electrons. The Bertz CT molecular complexity index is 328. The van der Waals surface area contributed by atoms with Gasteiger partial charge in [0.25, 0.3) is 0 Å². The van der Waals surface area contributed by atoms with Crippen molar-refractivity contribution in [3.8, 4) is 0 Å². The lowest BCUT2D eigenvalue weighted by atomic mass is 10.1. The van der Waals surface area contributed by atoms with E-state index in [9.17, 15) is 10.1 Å². The molecule has 0 aliphatic rings. The van der Waals surface area contributed by atoms with Gasteiger partial charge in [-0.2, -0.15) is 0 Å². The quantitative estimate of drug-likeness (QED) is 0.639. The van der Waals surface area contributed by atoms with Crippen molar-refractivity contribution in [2.45, 2.75) is 25.9 Å². The lowest BCUT2D eigenvalue weighted by Gasteiger charge is -2.16. The molecule has 1 aromatic rings. The number of nitrogens with zero attached hydrogens (tertiary/aromatic N) is 1. The van der Waals surface area contributed by atoms with Gasteiger partial charge in [-0.05, 0) is 5.56 Å². The van der Waals surface area contributed by atoms with E-state index in [4.69, 9.17) is 0 Å². The van der Waals surface area contributed by atoms with E-state index in [0.29, 0.717) is 13.1 Å². The molecule has 0 amide bonds. The van der Waals surface area contributed by atoms with Crippen LogP contribution in [-0.2, 0) is 6.54 Å². The highest BCUT2D eigenvalue weighted by atomic mass is 35.5. The van der Waals surface area contributed by atoms with Crippen molar-refractivity contribution < 1.29 is 4.92 Å². The molecule has 5 heteroatoms. The van der Waals surface area contributed by atoms with Gasteiger partial charge in [0.2, 0.25) is 5.54 Å². The van der Waals surface area contributed by atoms with Crippen molar-refractivity contribution in [2.75, 3.05) is 6.54 Å². The average Bonchev–Trinajstić information content (AvgIpc) is 2.19. The van der Waals surface area contributed by atoms with Gasteiger partial charge < -0.3 is 5.32 Å². The lowest BCUT2D eigenvalue weighted by molar-refractivity contribution is -0.558. The van der Waals surface area contributed by atoms with Crippen LogP contribution in [0.5, 0.6) is 0 Å². The molecule has 0 unspecified atom stereocenters. The van der Waals surface area contributed by atoms with E-state index >= 15 is 0 Å². The molecule has 90 valence electrons. The first-order valence-corrected chi connectivity index (χ1v) is 4.91. The maximum absolute atomic E-state index is 10.6. The van der Waals surface area contributed by atoms with Gasteiger partial charge in [0.05, 0.1) is 6.54 Å². The molecule has 0 aliphatic carbocycles. The van der Waals surface area contributed by atoms with E-state index < -0.39 is 5.54 Å². The summed E-state index contributed by atoms with van der Waals surface area (Å²) in [6.07, 6.45) is 0. The summed E-state index contributed by atoms with van der Waals surface area (Å²) >= 11 is 0. The molecule has 0 saturated carbocycles. The van der Waals surface area contributed by atoms with Crippen molar-refractivity contribution in [2.24, 2.45) is 0 Å². The minimum absolute atomic E-state index is 0. The monoisotopic (exact) mass is 244 g/mol. The molecule has 0 bridgehead atoms. The molecule has 0 heterocycles. The normalized spacial score (nSPS) is 10.6. The first-order chi connectivity index (χ1) is 7.02. The van der Waals surface area contributed by atoms with Gasteiger partial charge in [-0.15, -0.1) is 12.4 Å². The van der Waals surface area contributed by atoms with Gasteiger partial charge in [-0.25, -0.2) is 0 Å². The third-order valence-corrected chi connectivity index (χ3v) is 2.22. The molecule has 1 N–H and O–H groups in total. The van der Waals surface area contributed by atoms with E-state index in [-0.39, 0.29) is 17.3 Å². The second-order valence-electron chi connectivity index (χ2n) is 4.16. The molecule has 0 saturated heterocycles. The summed E-state index contributed by atoms with van der Waals surface area (Å²) in [5.74, 6) is 0. The van der Waals surface area contributed by atoms with Crippen molar-refractivity contribution in [3.05, 3.63) is 46.0 Å². The zero-order valence-corrected chi connectivity index (χ0v) is 10.3. The molecule has 0 aromatic heterocycles. The van der Waals surface area contributed by atoms with Crippen LogP contribution in [0.4, 0.5) is 0 Å². The van der Waals surface area contributed by atoms with Crippen LogP contribution in [0.2, 0.25) is 0 Å². The fourth-order valence-electron chi connectivity index (χ4n) is 1.17. The number of benzene rings is 1. The zero-order chi connectivity index (χ0) is 11.3. The van der Waals surface area contributed by atoms with Gasteiger partial charge in [0, 0.05) is 25.3 Å². The summed E-state index contributed by atoms with van der Waals surface area (Å²) in [6.45, 7) is 4.27. The number of nitrogens with one attached hydrogen (secondary N) is 1. The molecule has 0 atom stereocenters. The Morgan fingerprint density at radius 3 is 2.38 bits per heavy atom. The van der Waals surface area contributed by atoms with Gasteiger partial charge in [0.1, 0.15) is 0 Å². The number of hydrogen-bond acceptors (Lipinski definition) is 3. The molecular formula is C11H17ClN2O2. The van der Waals surface area contributed by atoms with Crippen molar-refractivity contribution in [1.82, 2.24) is 5.32 Å². The molecule has 1 aromatic carbocycles. The van der Waals surface area contributed by atoms with Crippen LogP contribution in [0, 0.1) is 10.1 Å². The molecular weight excluding hydrogens is 228 g/mol. The van der Waals surface area contributed by atoms with Gasteiger partial charge in [0.15, 0.2) is 0 Å². The highest BCUT2D eigenvalue weighted by Gasteiger charge is 2.29. The molecule has 0 spiro atoms. The standard InChI is InChI=1S/C11H16N2O2.ClH/c1-11(2,13(14)15)9-12-8-10-6-4-3-5-7-10;/h3-7,12H,8-9H2,1-2H3;1H. The summed E-state index contributed by atoms with van der Waals surface area (Å²) in [4.78, 5) is 10.4. The summed E-state index contributed by atoms with van der Waals surface area (Å²) in [7, 11) is 0. The second-order valence-corrected chi connectivity index (χ2v) is 4.16. The predicted molar refractivity (Wildman–Crippen MR) is 66.5 cm³/mol. The van der Waals surface area contributed by atoms with Crippen molar-refractivity contribution in [1.29, 1.82) is 0 Å². The van der Waals surface area contributed by atoms with Crippen molar-refractivity contribution in [3.63, 3.8) is 0 Å². The smallest absolute Gasteiger partial charge is 0.229 e. The minimum atomic E-state index is -0.908. The highest BCUT2D eigenvalue weighted by molar-refractivity contribution is 5.85. The summed E-state index contributed by atoms with van der Waals surface area (Å²) in [5.41, 5.74) is 0.228. The summed E-state index contributed by atoms with van der Waals surface area (Å²) < 4.78 is 0. The Balaban J connectivity index is 0.00000225. The Labute approximate surface area is 102 Å². The van der Waals surface area contributed by atoms with Crippen LogP contribution in [0.25, 0.3) is 0 Å². The fraction of sp³-hybridized carbons (Fsp3) is 0.455. The Morgan fingerprint density at radius 1 is 1.31 bits per heavy atom. The largest absolute Gasteiger partial charge is 0.306 e. The molecule has 0 fully saturated rings. The van der Waals surface area contributed by atoms with Crippen LogP contribution >= 0.6 is 12.4 Å². The van der Waals surface area contributed by atoms with Crippen LogP contribution < -0.4 is 5.32 Å². The van der Waals surface area contributed by atoms with Crippen LogP contribution in [0.1, 0.15) is 19.4 Å². The third-order valence-electron chi connectivity index (χ3n) is 2.22. The predicted octanol–water partition coefficient (Wildman–Crippen LogP) is 2.25. The van der Waals surface area contributed by atoms with Crippen LogP contribution in [0.3, 0.4) is 0 Å². The molecule has 0 aliphatic heterocycles. The van der Waals surface area contributed by atoms with E-state index in [2.05, 4.69) is 5.32 Å². The van der Waals surface area contributed by atoms with Gasteiger partial charge in [-0.3, -0.25) is 10.1 Å². The highest BCUT2D eigenvalue weighted by Crippen LogP contribution is 2.06. The number of halogens is 1. The third kappa shape index (κ3) is 4.59. The minimum Gasteiger partial charge on any atom is -0.306 e. The second kappa shape index (κ2) is 6.45. The molecule has 1 rings (SSSR count). The van der Waals surface area contributed by atoms with E-state index in [1.807, 2.05) is 30.3 Å². The molecule has 16 heavy (non-hydrogen) atoms. The zero-order valence-electron chi connectivity index (χ0n) is 9.47. The first kappa shape index (κ1) is 14.9. The first-order valence-electron chi connectivity index (χ1n) is 4.91. The summed E-state index contributed by atoms with van der Waals surface area (Å²) in [5, 5.41) is 13.7. The average molecular weight is 245 g/mol. The van der Waals surface area contributed by atoms with E-state index in [1.54, 1.807) is 13.8 Å². The SMILES string of the molecule is CC(C)(CNCc1ccccc1)[N+](=O)[O-].Cl. The van der Waals surface area contributed by atoms with E-state index in [1.165, 1.54) is 0 Å². The van der Waals surface area contributed by atoms with E-state index in [0.717, 1.165) is 5.56 Å². The van der Waals surface area contributed by atoms with Crippen molar-refractivity contribution >= 4 is 12.4 Å². The number of nitro groups is 1. The lowest BCUT2D eigenvalue weighted by Crippen LogP contribution is -2.41. The van der Waals surface area contributed by atoms with Gasteiger partial charge >= 0.3 is 0 Å².